The number of piperidine rings is 1. The number of carboxylic acid groups (broad SMARTS) is 1. The summed E-state index contributed by atoms with van der Waals surface area (Å²) >= 11 is 0. The number of unbranched alkanes of at least 4 members (excludes halogenated alkanes) is 1. The number of nitrogens with one attached hydrogen (secondary N) is 1. The molecule has 132 valence electrons. The molecular weight excluding hydrogens is 296 g/mol. The van der Waals surface area contributed by atoms with Crippen LogP contribution in [0.25, 0.3) is 0 Å². The number of aliphatic carboxylic acids is 1. The highest BCUT2D eigenvalue weighted by Crippen LogP contribution is 2.20. The SMILES string of the molecule is CCCCC(NC(=O)C1CCCN(C(=O)C(C)CC)C1)C(=O)O. The van der Waals surface area contributed by atoms with Crippen molar-refractivity contribution in [3.05, 3.63) is 0 Å². The summed E-state index contributed by atoms with van der Waals surface area (Å²) < 4.78 is 0. The molecule has 2 amide bonds. The molecule has 0 spiro atoms. The lowest BCUT2D eigenvalue weighted by atomic mass is 9.95. The number of likely N-dealkylation sites (tertiary alicyclic amines) is 1. The van der Waals surface area contributed by atoms with Crippen LogP contribution in [0.15, 0.2) is 0 Å². The molecule has 0 aromatic rings. The zero-order valence-electron chi connectivity index (χ0n) is 14.5. The van der Waals surface area contributed by atoms with E-state index >= 15 is 0 Å². The van der Waals surface area contributed by atoms with Crippen molar-refractivity contribution in [3.63, 3.8) is 0 Å². The van der Waals surface area contributed by atoms with Gasteiger partial charge in [-0.3, -0.25) is 9.59 Å². The number of rotatable bonds is 8. The van der Waals surface area contributed by atoms with Crippen molar-refractivity contribution in [3.8, 4) is 0 Å². The highest BCUT2D eigenvalue weighted by Gasteiger charge is 2.31. The summed E-state index contributed by atoms with van der Waals surface area (Å²) in [7, 11) is 0. The Morgan fingerprint density at radius 2 is 2.00 bits per heavy atom. The summed E-state index contributed by atoms with van der Waals surface area (Å²) in [5.74, 6) is -1.48. The first-order chi connectivity index (χ1) is 10.9. The summed E-state index contributed by atoms with van der Waals surface area (Å²) in [5.41, 5.74) is 0. The monoisotopic (exact) mass is 326 g/mol. The predicted octanol–water partition coefficient (Wildman–Crippen LogP) is 2.03. The zero-order valence-corrected chi connectivity index (χ0v) is 14.5. The molecule has 1 aliphatic heterocycles. The molecule has 0 radical (unpaired) electrons. The van der Waals surface area contributed by atoms with Gasteiger partial charge in [-0.25, -0.2) is 4.79 Å². The number of amides is 2. The molecular formula is C17H30N2O4. The van der Waals surface area contributed by atoms with Crippen molar-refractivity contribution in [2.24, 2.45) is 11.8 Å². The minimum Gasteiger partial charge on any atom is -0.480 e. The fourth-order valence-electron chi connectivity index (χ4n) is 2.83. The maximum atomic E-state index is 12.4. The molecule has 0 bridgehead atoms. The minimum atomic E-state index is -0.991. The van der Waals surface area contributed by atoms with Gasteiger partial charge in [-0.2, -0.15) is 0 Å². The molecule has 1 heterocycles. The van der Waals surface area contributed by atoms with Crippen molar-refractivity contribution < 1.29 is 19.5 Å². The van der Waals surface area contributed by atoms with Crippen LogP contribution in [0.5, 0.6) is 0 Å². The number of carboxylic acids is 1. The Balaban J connectivity index is 2.61. The minimum absolute atomic E-state index is 0.0341. The third-order valence-electron chi connectivity index (χ3n) is 4.60. The number of carbonyl (C=O) groups excluding carboxylic acids is 2. The first-order valence-electron chi connectivity index (χ1n) is 8.72. The molecule has 6 nitrogen and oxygen atoms in total. The fraction of sp³-hybridized carbons (Fsp3) is 0.824. The molecule has 1 fully saturated rings. The smallest absolute Gasteiger partial charge is 0.326 e. The molecule has 1 aliphatic rings. The van der Waals surface area contributed by atoms with Crippen LogP contribution in [0.3, 0.4) is 0 Å². The Bertz CT molecular complexity index is 425. The topological polar surface area (TPSA) is 86.7 Å². The van der Waals surface area contributed by atoms with Gasteiger partial charge in [0.15, 0.2) is 0 Å². The second-order valence-corrected chi connectivity index (χ2v) is 6.47. The van der Waals surface area contributed by atoms with Crippen LogP contribution in [-0.2, 0) is 14.4 Å². The Kier molecular flexibility index (Phi) is 8.06. The molecule has 2 N–H and O–H groups in total. The van der Waals surface area contributed by atoms with E-state index in [1.54, 1.807) is 4.90 Å². The van der Waals surface area contributed by atoms with Crippen LogP contribution >= 0.6 is 0 Å². The molecule has 0 aliphatic carbocycles. The van der Waals surface area contributed by atoms with E-state index in [1.165, 1.54) is 0 Å². The average Bonchev–Trinajstić information content (AvgIpc) is 2.56. The van der Waals surface area contributed by atoms with Crippen LogP contribution in [0.4, 0.5) is 0 Å². The van der Waals surface area contributed by atoms with Crippen molar-refractivity contribution >= 4 is 17.8 Å². The van der Waals surface area contributed by atoms with E-state index in [1.807, 2.05) is 20.8 Å². The quantitative estimate of drug-likeness (QED) is 0.714. The van der Waals surface area contributed by atoms with Gasteiger partial charge in [0.1, 0.15) is 6.04 Å². The van der Waals surface area contributed by atoms with Gasteiger partial charge in [-0.05, 0) is 25.7 Å². The zero-order chi connectivity index (χ0) is 17.4. The molecule has 6 heteroatoms. The summed E-state index contributed by atoms with van der Waals surface area (Å²) in [6, 6.07) is -0.830. The van der Waals surface area contributed by atoms with Crippen molar-refractivity contribution in [2.45, 2.75) is 65.3 Å². The van der Waals surface area contributed by atoms with E-state index < -0.39 is 12.0 Å². The molecule has 0 aromatic heterocycles. The second kappa shape index (κ2) is 9.53. The molecule has 1 saturated heterocycles. The highest BCUT2D eigenvalue weighted by atomic mass is 16.4. The van der Waals surface area contributed by atoms with Crippen LogP contribution in [-0.4, -0.2) is 46.9 Å². The lowest BCUT2D eigenvalue weighted by molar-refractivity contribution is -0.144. The van der Waals surface area contributed by atoms with Crippen molar-refractivity contribution in [1.29, 1.82) is 0 Å². The van der Waals surface area contributed by atoms with Crippen LogP contribution in [0.1, 0.15) is 59.3 Å². The average molecular weight is 326 g/mol. The molecule has 0 saturated carbocycles. The molecule has 23 heavy (non-hydrogen) atoms. The number of nitrogens with zero attached hydrogens (tertiary/aromatic N) is 1. The Hall–Kier alpha value is -1.59. The standard InChI is InChI=1S/C17H30N2O4/c1-4-6-9-14(17(22)23)18-15(20)13-8-7-10-19(11-13)16(21)12(3)5-2/h12-14H,4-11H2,1-3H3,(H,18,20)(H,22,23). The number of carbonyl (C=O) groups is 3. The van der Waals surface area contributed by atoms with E-state index in [9.17, 15) is 19.5 Å². The predicted molar refractivity (Wildman–Crippen MR) is 87.9 cm³/mol. The van der Waals surface area contributed by atoms with Gasteiger partial charge in [0, 0.05) is 19.0 Å². The van der Waals surface area contributed by atoms with Crippen LogP contribution < -0.4 is 5.32 Å². The van der Waals surface area contributed by atoms with E-state index in [0.29, 0.717) is 25.9 Å². The Morgan fingerprint density at radius 3 is 2.57 bits per heavy atom. The molecule has 1 rings (SSSR count). The third kappa shape index (κ3) is 5.84. The lowest BCUT2D eigenvalue weighted by Gasteiger charge is -2.34. The van der Waals surface area contributed by atoms with Crippen LogP contribution in [0, 0.1) is 11.8 Å². The van der Waals surface area contributed by atoms with Crippen molar-refractivity contribution in [1.82, 2.24) is 10.2 Å². The van der Waals surface area contributed by atoms with Gasteiger partial charge >= 0.3 is 5.97 Å². The van der Waals surface area contributed by atoms with Gasteiger partial charge in [0.05, 0.1) is 5.92 Å². The van der Waals surface area contributed by atoms with Gasteiger partial charge < -0.3 is 15.3 Å². The maximum absolute atomic E-state index is 12.4. The Labute approximate surface area is 138 Å². The van der Waals surface area contributed by atoms with Gasteiger partial charge in [-0.1, -0.05) is 33.6 Å². The normalized spacial score (nSPS) is 20.7. The second-order valence-electron chi connectivity index (χ2n) is 6.47. The van der Waals surface area contributed by atoms with Gasteiger partial charge in [-0.15, -0.1) is 0 Å². The maximum Gasteiger partial charge on any atom is 0.326 e. The summed E-state index contributed by atoms with van der Waals surface area (Å²) in [4.78, 5) is 37.6. The highest BCUT2D eigenvalue weighted by molar-refractivity contribution is 5.86. The number of hydrogen-bond acceptors (Lipinski definition) is 3. The molecule has 3 unspecified atom stereocenters. The van der Waals surface area contributed by atoms with Gasteiger partial charge in [0.25, 0.3) is 0 Å². The first-order valence-corrected chi connectivity index (χ1v) is 8.72. The summed E-state index contributed by atoms with van der Waals surface area (Å²) in [6.07, 6.45) is 4.37. The van der Waals surface area contributed by atoms with E-state index in [4.69, 9.17) is 0 Å². The molecule has 3 atom stereocenters. The Morgan fingerprint density at radius 1 is 1.30 bits per heavy atom. The van der Waals surface area contributed by atoms with E-state index in [-0.39, 0.29) is 23.7 Å². The van der Waals surface area contributed by atoms with Crippen molar-refractivity contribution in [2.75, 3.05) is 13.1 Å². The van der Waals surface area contributed by atoms with E-state index in [2.05, 4.69) is 5.32 Å². The summed E-state index contributed by atoms with van der Waals surface area (Å²) in [5, 5.41) is 11.9. The largest absolute Gasteiger partial charge is 0.480 e. The van der Waals surface area contributed by atoms with Gasteiger partial charge in [0.2, 0.25) is 11.8 Å². The van der Waals surface area contributed by atoms with Crippen LogP contribution in [0.2, 0.25) is 0 Å². The summed E-state index contributed by atoms with van der Waals surface area (Å²) in [6.45, 7) is 6.94. The first kappa shape index (κ1) is 19.5. The number of hydrogen-bond donors (Lipinski definition) is 2. The fourth-order valence-corrected chi connectivity index (χ4v) is 2.83. The van der Waals surface area contributed by atoms with E-state index in [0.717, 1.165) is 25.7 Å². The third-order valence-corrected chi connectivity index (χ3v) is 4.60. The lowest BCUT2D eigenvalue weighted by Crippen LogP contribution is -2.50. The molecule has 0 aromatic carbocycles.